The van der Waals surface area contributed by atoms with Gasteiger partial charge in [-0.2, -0.15) is 0 Å². The molecule has 25 heavy (non-hydrogen) atoms. The summed E-state index contributed by atoms with van der Waals surface area (Å²) in [7, 11) is 0. The van der Waals surface area contributed by atoms with Gasteiger partial charge in [-0.25, -0.2) is 0 Å². The molecule has 0 aliphatic heterocycles. The van der Waals surface area contributed by atoms with Crippen LogP contribution in [0.2, 0.25) is 0 Å². The summed E-state index contributed by atoms with van der Waals surface area (Å²) in [5.41, 5.74) is 0.557. The first-order chi connectivity index (χ1) is 12.0. The van der Waals surface area contributed by atoms with Gasteiger partial charge in [-0.3, -0.25) is 9.59 Å². The van der Waals surface area contributed by atoms with Gasteiger partial charge in [0.25, 0.3) is 5.91 Å². The van der Waals surface area contributed by atoms with Crippen molar-refractivity contribution in [1.29, 1.82) is 0 Å². The predicted molar refractivity (Wildman–Crippen MR) is 95.3 cm³/mol. The van der Waals surface area contributed by atoms with Crippen LogP contribution in [0, 0.1) is 0 Å². The molecule has 0 aliphatic carbocycles. The summed E-state index contributed by atoms with van der Waals surface area (Å²) in [6.07, 6.45) is 1.37. The van der Waals surface area contributed by atoms with Crippen molar-refractivity contribution in [3.63, 3.8) is 0 Å². The lowest BCUT2D eigenvalue weighted by Gasteiger charge is -2.26. The van der Waals surface area contributed by atoms with Gasteiger partial charge in [0.2, 0.25) is 5.91 Å². The van der Waals surface area contributed by atoms with Crippen LogP contribution in [0.5, 0.6) is 0 Å². The van der Waals surface area contributed by atoms with Crippen LogP contribution in [0.15, 0.2) is 59.3 Å². The number of amides is 2. The molecule has 2 amide bonds. The molecule has 6 nitrogen and oxygen atoms in total. The molecule has 0 radical (unpaired) electrons. The number of hydrogen-bond acceptors (Lipinski definition) is 4. The zero-order valence-electron chi connectivity index (χ0n) is 14.1. The summed E-state index contributed by atoms with van der Waals surface area (Å²) in [5, 5.41) is 8.30. The molecule has 0 saturated carbocycles. The Labute approximate surface area is 145 Å². The monoisotopic (exact) mass is 337 g/mol. The van der Waals surface area contributed by atoms with Crippen LogP contribution in [-0.4, -0.2) is 34.5 Å². The van der Waals surface area contributed by atoms with Crippen LogP contribution in [0.4, 0.5) is 5.82 Å². The van der Waals surface area contributed by atoms with Crippen molar-refractivity contribution in [3.8, 4) is 0 Å². The number of aromatic nitrogens is 1. The van der Waals surface area contributed by atoms with Gasteiger partial charge < -0.3 is 14.7 Å². The van der Waals surface area contributed by atoms with Crippen molar-refractivity contribution in [1.82, 2.24) is 10.1 Å². The molecule has 0 bridgehead atoms. The highest BCUT2D eigenvalue weighted by Crippen LogP contribution is 2.18. The normalized spacial score (nSPS) is 10.8. The zero-order valence-corrected chi connectivity index (χ0v) is 14.1. The van der Waals surface area contributed by atoms with Crippen LogP contribution >= 0.6 is 0 Å². The quantitative estimate of drug-likeness (QED) is 0.775. The van der Waals surface area contributed by atoms with E-state index in [1.54, 1.807) is 12.1 Å². The topological polar surface area (TPSA) is 75.4 Å². The second kappa shape index (κ2) is 7.17. The van der Waals surface area contributed by atoms with E-state index in [4.69, 9.17) is 0 Å². The second-order valence-electron chi connectivity index (χ2n) is 6.02. The first-order valence-electron chi connectivity index (χ1n) is 8.04. The van der Waals surface area contributed by atoms with E-state index in [9.17, 15) is 9.59 Å². The molecule has 3 rings (SSSR count). The van der Waals surface area contributed by atoms with Gasteiger partial charge in [-0.05, 0) is 36.8 Å². The summed E-state index contributed by atoms with van der Waals surface area (Å²) in [5.74, 6) is -0.181. The molecular weight excluding hydrogens is 318 g/mol. The molecule has 0 unspecified atom stereocenters. The molecule has 1 heterocycles. The third kappa shape index (κ3) is 3.85. The smallest absolute Gasteiger partial charge is 0.254 e. The molecule has 0 saturated heterocycles. The van der Waals surface area contributed by atoms with Crippen molar-refractivity contribution in [3.05, 3.63) is 60.4 Å². The van der Waals surface area contributed by atoms with Crippen molar-refractivity contribution in [2.45, 2.75) is 19.9 Å². The molecule has 3 aromatic rings. The molecule has 0 aliphatic rings. The Bertz CT molecular complexity index is 888. The number of carbonyl (C=O) groups is 2. The fraction of sp³-hybridized carbons (Fsp3) is 0.211. The van der Waals surface area contributed by atoms with E-state index in [1.165, 1.54) is 11.2 Å². The van der Waals surface area contributed by atoms with Crippen molar-refractivity contribution < 1.29 is 14.1 Å². The minimum Gasteiger partial charge on any atom is -0.363 e. The largest absolute Gasteiger partial charge is 0.363 e. The fourth-order valence-electron chi connectivity index (χ4n) is 2.59. The Morgan fingerprint density at radius 1 is 1.12 bits per heavy atom. The Balaban J connectivity index is 1.78. The summed E-state index contributed by atoms with van der Waals surface area (Å²) in [6, 6.07) is 14.8. The minimum absolute atomic E-state index is 0.0593. The average molecular weight is 337 g/mol. The second-order valence-corrected chi connectivity index (χ2v) is 6.02. The number of hydrogen-bond donors (Lipinski definition) is 1. The molecule has 2 aromatic carbocycles. The van der Waals surface area contributed by atoms with E-state index < -0.39 is 0 Å². The summed E-state index contributed by atoms with van der Waals surface area (Å²) >= 11 is 0. The van der Waals surface area contributed by atoms with Gasteiger partial charge in [0, 0.05) is 17.7 Å². The molecule has 0 atom stereocenters. The van der Waals surface area contributed by atoms with Crippen LogP contribution in [-0.2, 0) is 4.79 Å². The summed E-state index contributed by atoms with van der Waals surface area (Å²) in [4.78, 5) is 26.6. The lowest BCUT2D eigenvalue weighted by molar-refractivity contribution is -0.117. The van der Waals surface area contributed by atoms with Gasteiger partial charge in [-0.15, -0.1) is 0 Å². The van der Waals surface area contributed by atoms with E-state index in [1.807, 2.05) is 50.2 Å². The maximum Gasteiger partial charge on any atom is 0.254 e. The number of nitrogens with one attached hydrogen (secondary N) is 1. The maximum absolute atomic E-state index is 12.9. The number of fused-ring (bicyclic) bond motifs is 1. The van der Waals surface area contributed by atoms with E-state index in [2.05, 4.69) is 15.0 Å². The summed E-state index contributed by atoms with van der Waals surface area (Å²) in [6.45, 7) is 3.70. The molecule has 6 heteroatoms. The lowest BCUT2D eigenvalue weighted by Crippen LogP contribution is -2.42. The number of nitrogens with zero attached hydrogens (tertiary/aromatic N) is 2. The molecule has 1 aromatic heterocycles. The fourth-order valence-corrected chi connectivity index (χ4v) is 2.59. The SMILES string of the molecule is CC(C)N(CC(=O)Nc1ccon1)C(=O)c1ccc2ccccc2c1. The predicted octanol–water partition coefficient (Wildman–Crippen LogP) is 3.32. The van der Waals surface area contributed by atoms with Crippen LogP contribution in [0.1, 0.15) is 24.2 Å². The minimum atomic E-state index is -0.322. The highest BCUT2D eigenvalue weighted by atomic mass is 16.5. The lowest BCUT2D eigenvalue weighted by atomic mass is 10.1. The Kier molecular flexibility index (Phi) is 4.79. The standard InChI is InChI=1S/C19H19N3O3/c1-13(2)22(12-18(23)20-17-9-10-25-21-17)19(24)16-8-7-14-5-3-4-6-15(14)11-16/h3-11,13H,12H2,1-2H3,(H,20,21,23). The van der Waals surface area contributed by atoms with Crippen molar-refractivity contribution in [2.75, 3.05) is 11.9 Å². The van der Waals surface area contributed by atoms with E-state index in [0.29, 0.717) is 11.4 Å². The Morgan fingerprint density at radius 2 is 1.88 bits per heavy atom. The van der Waals surface area contributed by atoms with Gasteiger partial charge in [0.05, 0.1) is 0 Å². The van der Waals surface area contributed by atoms with Crippen LogP contribution < -0.4 is 5.32 Å². The van der Waals surface area contributed by atoms with Crippen LogP contribution in [0.3, 0.4) is 0 Å². The number of rotatable bonds is 5. The first kappa shape index (κ1) is 16.7. The number of anilines is 1. The van der Waals surface area contributed by atoms with Gasteiger partial charge in [-0.1, -0.05) is 35.5 Å². The van der Waals surface area contributed by atoms with Gasteiger partial charge >= 0.3 is 0 Å². The van der Waals surface area contributed by atoms with Gasteiger partial charge in [0.15, 0.2) is 5.82 Å². The van der Waals surface area contributed by atoms with Crippen molar-refractivity contribution >= 4 is 28.4 Å². The third-order valence-corrected chi connectivity index (χ3v) is 3.90. The highest BCUT2D eigenvalue weighted by molar-refractivity contribution is 6.01. The molecule has 128 valence electrons. The molecular formula is C19H19N3O3. The third-order valence-electron chi connectivity index (χ3n) is 3.90. The van der Waals surface area contributed by atoms with Crippen molar-refractivity contribution in [2.24, 2.45) is 0 Å². The number of carbonyl (C=O) groups excluding carboxylic acids is 2. The molecule has 0 fully saturated rings. The van der Waals surface area contributed by atoms with Gasteiger partial charge in [0.1, 0.15) is 12.8 Å². The summed E-state index contributed by atoms with van der Waals surface area (Å²) < 4.78 is 4.68. The van der Waals surface area contributed by atoms with E-state index >= 15 is 0 Å². The average Bonchev–Trinajstić information content (AvgIpc) is 3.11. The van der Waals surface area contributed by atoms with E-state index in [-0.39, 0.29) is 24.4 Å². The Morgan fingerprint density at radius 3 is 2.56 bits per heavy atom. The first-order valence-corrected chi connectivity index (χ1v) is 8.04. The molecule has 0 spiro atoms. The molecule has 1 N–H and O–H groups in total. The van der Waals surface area contributed by atoms with E-state index in [0.717, 1.165) is 10.8 Å². The number of benzene rings is 2. The highest BCUT2D eigenvalue weighted by Gasteiger charge is 2.22. The Hall–Kier alpha value is -3.15. The van der Waals surface area contributed by atoms with Crippen LogP contribution in [0.25, 0.3) is 10.8 Å². The zero-order chi connectivity index (χ0) is 17.8. The maximum atomic E-state index is 12.9.